The lowest BCUT2D eigenvalue weighted by Crippen LogP contribution is -2.38. The molecule has 0 aromatic heterocycles. The lowest BCUT2D eigenvalue weighted by Gasteiger charge is -2.10. The van der Waals surface area contributed by atoms with E-state index in [0.29, 0.717) is 16.1 Å². The molecule has 1 aliphatic rings. The number of guanidine groups is 1. The van der Waals surface area contributed by atoms with Crippen LogP contribution in [0, 0.1) is 0 Å². The van der Waals surface area contributed by atoms with E-state index < -0.39 is 0 Å². The molecule has 2 N–H and O–H groups in total. The van der Waals surface area contributed by atoms with E-state index in [9.17, 15) is 0 Å². The molecule has 2 rings (SSSR count). The summed E-state index contributed by atoms with van der Waals surface area (Å²) in [6.07, 6.45) is 3.32. The summed E-state index contributed by atoms with van der Waals surface area (Å²) in [6.45, 7) is 3.67. The van der Waals surface area contributed by atoms with Gasteiger partial charge in [0.15, 0.2) is 5.96 Å². The first-order valence-corrected chi connectivity index (χ1v) is 7.43. The third-order valence-electron chi connectivity index (χ3n) is 2.86. The van der Waals surface area contributed by atoms with Crippen LogP contribution in [0.15, 0.2) is 23.2 Å². The Kier molecular flexibility index (Phi) is 5.34. The Hall–Kier alpha value is -0.930. The average Bonchev–Trinajstić information content (AvgIpc) is 3.12. The molecule has 0 bridgehead atoms. The molecular formula is C14H19Cl2N3. The number of nitrogens with one attached hydrogen (secondary N) is 2. The van der Waals surface area contributed by atoms with Crippen LogP contribution in [0.25, 0.3) is 0 Å². The smallest absolute Gasteiger partial charge is 0.191 e. The summed E-state index contributed by atoms with van der Waals surface area (Å²) in [7, 11) is 0. The number of nitrogens with zero attached hydrogens (tertiary/aromatic N) is 1. The van der Waals surface area contributed by atoms with Gasteiger partial charge in [0.2, 0.25) is 0 Å². The van der Waals surface area contributed by atoms with Gasteiger partial charge in [-0.15, -0.1) is 0 Å². The summed E-state index contributed by atoms with van der Waals surface area (Å²) in [4.78, 5) is 4.56. The topological polar surface area (TPSA) is 36.4 Å². The van der Waals surface area contributed by atoms with E-state index in [2.05, 4.69) is 22.5 Å². The first-order chi connectivity index (χ1) is 9.17. The van der Waals surface area contributed by atoms with Crippen molar-refractivity contribution in [3.05, 3.63) is 33.8 Å². The molecule has 0 amide bonds. The number of rotatable bonds is 5. The molecule has 3 nitrogen and oxygen atoms in total. The number of benzene rings is 1. The molecule has 0 unspecified atom stereocenters. The van der Waals surface area contributed by atoms with Crippen molar-refractivity contribution < 1.29 is 0 Å². The quantitative estimate of drug-likeness (QED) is 0.647. The highest BCUT2D eigenvalue weighted by molar-refractivity contribution is 6.34. The fourth-order valence-electron chi connectivity index (χ4n) is 1.79. The number of hydrogen-bond acceptors (Lipinski definition) is 1. The Bertz CT molecular complexity index is 436. The Labute approximate surface area is 124 Å². The SMILES string of the molecule is CCNC(=NCCc1cc(Cl)cc(Cl)c1)NC1CC1. The van der Waals surface area contributed by atoms with Gasteiger partial charge in [-0.1, -0.05) is 23.2 Å². The molecule has 0 aliphatic heterocycles. The second-order valence-corrected chi connectivity index (χ2v) is 5.58. The molecule has 1 aromatic carbocycles. The molecule has 104 valence electrons. The highest BCUT2D eigenvalue weighted by Gasteiger charge is 2.21. The van der Waals surface area contributed by atoms with Gasteiger partial charge in [-0.2, -0.15) is 0 Å². The van der Waals surface area contributed by atoms with Crippen molar-refractivity contribution >= 4 is 29.2 Å². The van der Waals surface area contributed by atoms with Gasteiger partial charge in [0.1, 0.15) is 0 Å². The van der Waals surface area contributed by atoms with E-state index >= 15 is 0 Å². The van der Waals surface area contributed by atoms with Crippen molar-refractivity contribution in [2.45, 2.75) is 32.2 Å². The molecule has 19 heavy (non-hydrogen) atoms. The van der Waals surface area contributed by atoms with E-state index in [1.807, 2.05) is 12.1 Å². The maximum atomic E-state index is 5.97. The minimum atomic E-state index is 0.610. The highest BCUT2D eigenvalue weighted by Crippen LogP contribution is 2.20. The van der Waals surface area contributed by atoms with Crippen LogP contribution in [0.5, 0.6) is 0 Å². The monoisotopic (exact) mass is 299 g/mol. The van der Waals surface area contributed by atoms with Gasteiger partial charge in [0.25, 0.3) is 0 Å². The van der Waals surface area contributed by atoms with Crippen molar-refractivity contribution in [2.24, 2.45) is 4.99 Å². The molecule has 0 radical (unpaired) electrons. The Morgan fingerprint density at radius 3 is 2.53 bits per heavy atom. The van der Waals surface area contributed by atoms with Crippen molar-refractivity contribution in [1.82, 2.24) is 10.6 Å². The number of aliphatic imine (C=N–C) groups is 1. The lowest BCUT2D eigenvalue weighted by molar-refractivity contribution is 0.808. The fourth-order valence-corrected chi connectivity index (χ4v) is 2.36. The molecule has 5 heteroatoms. The minimum absolute atomic E-state index is 0.610. The van der Waals surface area contributed by atoms with Gasteiger partial charge in [0.05, 0.1) is 0 Å². The van der Waals surface area contributed by atoms with E-state index in [1.165, 1.54) is 12.8 Å². The first kappa shape index (κ1) is 14.5. The third kappa shape index (κ3) is 5.29. The van der Waals surface area contributed by atoms with Crippen LogP contribution in [0.1, 0.15) is 25.3 Å². The fraction of sp³-hybridized carbons (Fsp3) is 0.500. The first-order valence-electron chi connectivity index (χ1n) is 6.67. The zero-order valence-electron chi connectivity index (χ0n) is 11.0. The molecule has 0 heterocycles. The lowest BCUT2D eigenvalue weighted by atomic mass is 10.1. The van der Waals surface area contributed by atoms with Crippen LogP contribution in [0.3, 0.4) is 0 Å². The highest BCUT2D eigenvalue weighted by atomic mass is 35.5. The van der Waals surface area contributed by atoms with Crippen LogP contribution in [0.4, 0.5) is 0 Å². The van der Waals surface area contributed by atoms with Crippen molar-refractivity contribution in [3.63, 3.8) is 0 Å². The van der Waals surface area contributed by atoms with Crippen molar-refractivity contribution in [2.75, 3.05) is 13.1 Å². The summed E-state index contributed by atoms with van der Waals surface area (Å²) >= 11 is 11.9. The predicted octanol–water partition coefficient (Wildman–Crippen LogP) is 3.25. The Morgan fingerprint density at radius 2 is 1.95 bits per heavy atom. The zero-order chi connectivity index (χ0) is 13.7. The molecule has 1 aliphatic carbocycles. The van der Waals surface area contributed by atoms with Gasteiger partial charge in [-0.05, 0) is 49.9 Å². The summed E-state index contributed by atoms with van der Waals surface area (Å²) in [5.74, 6) is 0.901. The van der Waals surface area contributed by atoms with E-state index in [-0.39, 0.29) is 0 Å². The molecule has 1 aromatic rings. The predicted molar refractivity (Wildman–Crippen MR) is 82.3 cm³/mol. The van der Waals surface area contributed by atoms with E-state index in [0.717, 1.165) is 31.0 Å². The summed E-state index contributed by atoms with van der Waals surface area (Å²) < 4.78 is 0. The summed E-state index contributed by atoms with van der Waals surface area (Å²) in [5, 5.41) is 7.99. The molecule has 1 fully saturated rings. The molecule has 0 saturated heterocycles. The van der Waals surface area contributed by atoms with Crippen LogP contribution in [-0.2, 0) is 6.42 Å². The second kappa shape index (κ2) is 7.01. The average molecular weight is 300 g/mol. The zero-order valence-corrected chi connectivity index (χ0v) is 12.6. The largest absolute Gasteiger partial charge is 0.357 e. The van der Waals surface area contributed by atoms with Gasteiger partial charge < -0.3 is 10.6 Å². The molecular weight excluding hydrogens is 281 g/mol. The minimum Gasteiger partial charge on any atom is -0.357 e. The number of hydrogen-bond donors (Lipinski definition) is 2. The van der Waals surface area contributed by atoms with Crippen molar-refractivity contribution in [3.8, 4) is 0 Å². The van der Waals surface area contributed by atoms with Gasteiger partial charge in [0, 0.05) is 29.2 Å². The van der Waals surface area contributed by atoms with Crippen LogP contribution < -0.4 is 10.6 Å². The van der Waals surface area contributed by atoms with Crippen LogP contribution >= 0.6 is 23.2 Å². The van der Waals surface area contributed by atoms with Crippen LogP contribution in [0.2, 0.25) is 10.0 Å². The maximum absolute atomic E-state index is 5.97. The Balaban J connectivity index is 1.88. The maximum Gasteiger partial charge on any atom is 0.191 e. The molecule has 0 spiro atoms. The number of halogens is 2. The van der Waals surface area contributed by atoms with Gasteiger partial charge in [-0.25, -0.2) is 0 Å². The second-order valence-electron chi connectivity index (χ2n) is 4.71. The van der Waals surface area contributed by atoms with Crippen molar-refractivity contribution in [1.29, 1.82) is 0 Å². The Morgan fingerprint density at radius 1 is 1.26 bits per heavy atom. The van der Waals surface area contributed by atoms with Crippen LogP contribution in [-0.4, -0.2) is 25.1 Å². The third-order valence-corrected chi connectivity index (χ3v) is 3.29. The summed E-state index contributed by atoms with van der Waals surface area (Å²) in [6, 6.07) is 6.22. The molecule has 0 atom stereocenters. The van der Waals surface area contributed by atoms with Gasteiger partial charge >= 0.3 is 0 Å². The molecule has 1 saturated carbocycles. The normalized spacial score (nSPS) is 15.4. The van der Waals surface area contributed by atoms with E-state index in [4.69, 9.17) is 23.2 Å². The van der Waals surface area contributed by atoms with E-state index in [1.54, 1.807) is 6.07 Å². The standard InChI is InChI=1S/C14H19Cl2N3/c1-2-17-14(19-13-3-4-13)18-6-5-10-7-11(15)9-12(16)8-10/h7-9,13H,2-6H2,1H3,(H2,17,18,19). The summed E-state index contributed by atoms with van der Waals surface area (Å²) in [5.41, 5.74) is 1.11. The van der Waals surface area contributed by atoms with Gasteiger partial charge in [-0.3, -0.25) is 4.99 Å².